The molecule has 1 aromatic rings. The molecule has 20 heavy (non-hydrogen) atoms. The maximum Gasteiger partial charge on any atom is 0.0976 e. The van der Waals surface area contributed by atoms with E-state index < -0.39 is 11.5 Å². The van der Waals surface area contributed by atoms with Crippen LogP contribution in [0.25, 0.3) is 0 Å². The molecule has 0 aliphatic heterocycles. The van der Waals surface area contributed by atoms with Crippen LogP contribution in [-0.4, -0.2) is 5.11 Å². The first-order valence-electron chi connectivity index (χ1n) is 7.68. The number of aliphatic hydroxyl groups excluding tert-OH is 1. The van der Waals surface area contributed by atoms with E-state index in [0.29, 0.717) is 5.92 Å². The summed E-state index contributed by atoms with van der Waals surface area (Å²) in [5, 5.41) is 20.6. The van der Waals surface area contributed by atoms with Crippen LogP contribution in [-0.2, 0) is 0 Å². The van der Waals surface area contributed by atoms with Gasteiger partial charge in [-0.3, -0.25) is 0 Å². The van der Waals surface area contributed by atoms with Crippen molar-refractivity contribution in [2.75, 3.05) is 0 Å². The van der Waals surface area contributed by atoms with Gasteiger partial charge in [-0.2, -0.15) is 5.26 Å². The fourth-order valence-electron chi connectivity index (χ4n) is 3.67. The van der Waals surface area contributed by atoms with Gasteiger partial charge in [0.15, 0.2) is 0 Å². The number of benzene rings is 1. The lowest BCUT2D eigenvalue weighted by atomic mass is 9.65. The molecule has 0 spiro atoms. The number of nitriles is 1. The first-order chi connectivity index (χ1) is 9.50. The van der Waals surface area contributed by atoms with E-state index in [9.17, 15) is 10.4 Å². The molecule has 0 amide bonds. The summed E-state index contributed by atoms with van der Waals surface area (Å²) >= 11 is 0. The van der Waals surface area contributed by atoms with Gasteiger partial charge in [0.1, 0.15) is 0 Å². The molecular formula is C18H25NO. The highest BCUT2D eigenvalue weighted by atomic mass is 16.3. The van der Waals surface area contributed by atoms with Crippen LogP contribution in [0.5, 0.6) is 0 Å². The predicted octanol–water partition coefficient (Wildman–Crippen LogP) is 4.45. The minimum absolute atomic E-state index is 0.573. The number of hydrogen-bond donors (Lipinski definition) is 1. The van der Waals surface area contributed by atoms with Gasteiger partial charge in [0, 0.05) is 0 Å². The van der Waals surface area contributed by atoms with E-state index in [1.165, 1.54) is 6.42 Å². The summed E-state index contributed by atoms with van der Waals surface area (Å²) in [7, 11) is 0. The van der Waals surface area contributed by atoms with E-state index in [1.54, 1.807) is 0 Å². The summed E-state index contributed by atoms with van der Waals surface area (Å²) in [5.74, 6) is 0.573. The van der Waals surface area contributed by atoms with Crippen molar-refractivity contribution >= 4 is 0 Å². The van der Waals surface area contributed by atoms with Crippen molar-refractivity contribution in [3.8, 4) is 6.07 Å². The summed E-state index contributed by atoms with van der Waals surface area (Å²) in [6.07, 6.45) is 4.32. The molecule has 0 bridgehead atoms. The lowest BCUT2D eigenvalue weighted by molar-refractivity contribution is 0.0184. The van der Waals surface area contributed by atoms with E-state index >= 15 is 0 Å². The Morgan fingerprint density at radius 2 is 2.00 bits per heavy atom. The first-order valence-corrected chi connectivity index (χ1v) is 7.68. The normalized spacial score (nSPS) is 27.9. The third-order valence-corrected chi connectivity index (χ3v) is 4.77. The van der Waals surface area contributed by atoms with Crippen molar-refractivity contribution in [3.63, 3.8) is 0 Å². The lowest BCUT2D eigenvalue weighted by Gasteiger charge is -2.39. The zero-order valence-electron chi connectivity index (χ0n) is 12.8. The van der Waals surface area contributed by atoms with Crippen molar-refractivity contribution in [1.82, 2.24) is 0 Å². The molecule has 1 aliphatic carbocycles. The molecule has 2 heteroatoms. The Morgan fingerprint density at radius 1 is 1.35 bits per heavy atom. The Balaban J connectivity index is 2.33. The fourth-order valence-corrected chi connectivity index (χ4v) is 3.67. The molecule has 0 aromatic heterocycles. The Kier molecular flexibility index (Phi) is 4.50. The zero-order valence-corrected chi connectivity index (χ0v) is 12.8. The quantitative estimate of drug-likeness (QED) is 0.882. The Morgan fingerprint density at radius 3 is 2.55 bits per heavy atom. The predicted molar refractivity (Wildman–Crippen MR) is 81.2 cm³/mol. The second kappa shape index (κ2) is 5.97. The molecule has 2 nitrogen and oxygen atoms in total. The smallest absolute Gasteiger partial charge is 0.0976 e. The van der Waals surface area contributed by atoms with E-state index in [1.807, 2.05) is 26.0 Å². The van der Waals surface area contributed by atoms with E-state index in [2.05, 4.69) is 19.1 Å². The molecule has 2 rings (SSSR count). The van der Waals surface area contributed by atoms with Gasteiger partial charge in [-0.25, -0.2) is 0 Å². The minimum atomic E-state index is -0.666. The second-order valence-electron chi connectivity index (χ2n) is 6.46. The second-order valence-corrected chi connectivity index (χ2v) is 6.46. The number of aliphatic hydroxyl groups is 1. The molecule has 1 aromatic carbocycles. The maximum absolute atomic E-state index is 10.8. The van der Waals surface area contributed by atoms with Gasteiger partial charge in [-0.05, 0) is 38.2 Å². The van der Waals surface area contributed by atoms with Gasteiger partial charge < -0.3 is 5.11 Å². The van der Waals surface area contributed by atoms with Gasteiger partial charge in [0.05, 0.1) is 17.6 Å². The summed E-state index contributed by atoms with van der Waals surface area (Å²) in [6, 6.07) is 8.61. The number of hydrogen-bond acceptors (Lipinski definition) is 2. The highest BCUT2D eigenvalue weighted by molar-refractivity contribution is 5.32. The Bertz CT molecular complexity index is 496. The van der Waals surface area contributed by atoms with Crippen LogP contribution in [0.15, 0.2) is 18.2 Å². The lowest BCUT2D eigenvalue weighted by Crippen LogP contribution is -2.33. The van der Waals surface area contributed by atoms with Gasteiger partial charge in [-0.1, -0.05) is 55.5 Å². The SMILES string of the molecule is CCC1CCCC(C#N)(C(O)c2cc(C)cc(C)c2)C1. The molecule has 0 radical (unpaired) electrons. The average Bonchev–Trinajstić information content (AvgIpc) is 2.45. The van der Waals surface area contributed by atoms with Gasteiger partial charge in [0.2, 0.25) is 0 Å². The minimum Gasteiger partial charge on any atom is -0.387 e. The highest BCUT2D eigenvalue weighted by Crippen LogP contribution is 2.48. The third kappa shape index (κ3) is 2.88. The zero-order chi connectivity index (χ0) is 14.8. The average molecular weight is 271 g/mol. The molecule has 1 aliphatic rings. The fraction of sp³-hybridized carbons (Fsp3) is 0.611. The van der Waals surface area contributed by atoms with Crippen molar-refractivity contribution in [3.05, 3.63) is 34.9 Å². The molecule has 3 unspecified atom stereocenters. The number of aryl methyl sites for hydroxylation is 2. The van der Waals surface area contributed by atoms with Crippen molar-refractivity contribution in [1.29, 1.82) is 5.26 Å². The Hall–Kier alpha value is -1.33. The van der Waals surface area contributed by atoms with Crippen LogP contribution in [0.3, 0.4) is 0 Å². The van der Waals surface area contributed by atoms with Crippen molar-refractivity contribution in [2.24, 2.45) is 11.3 Å². The van der Waals surface area contributed by atoms with Crippen LogP contribution in [0.4, 0.5) is 0 Å². The van der Waals surface area contributed by atoms with Crippen LogP contribution in [0, 0.1) is 36.5 Å². The van der Waals surface area contributed by atoms with Crippen LogP contribution < -0.4 is 0 Å². The molecule has 0 heterocycles. The van der Waals surface area contributed by atoms with Gasteiger partial charge in [0.25, 0.3) is 0 Å². The third-order valence-electron chi connectivity index (χ3n) is 4.77. The van der Waals surface area contributed by atoms with Crippen LogP contribution in [0.2, 0.25) is 0 Å². The topological polar surface area (TPSA) is 44.0 Å². The Labute approximate surface area is 122 Å². The van der Waals surface area contributed by atoms with Crippen LogP contribution >= 0.6 is 0 Å². The largest absolute Gasteiger partial charge is 0.387 e. The van der Waals surface area contributed by atoms with E-state index in [-0.39, 0.29) is 0 Å². The number of nitrogens with zero attached hydrogens (tertiary/aromatic N) is 1. The van der Waals surface area contributed by atoms with Crippen molar-refractivity contribution < 1.29 is 5.11 Å². The van der Waals surface area contributed by atoms with Crippen molar-refractivity contribution in [2.45, 2.75) is 59.0 Å². The maximum atomic E-state index is 10.8. The van der Waals surface area contributed by atoms with E-state index in [4.69, 9.17) is 0 Å². The molecule has 108 valence electrons. The molecule has 1 fully saturated rings. The van der Waals surface area contributed by atoms with Crippen LogP contribution in [0.1, 0.15) is 61.8 Å². The number of rotatable bonds is 3. The van der Waals surface area contributed by atoms with Gasteiger partial charge in [-0.15, -0.1) is 0 Å². The summed E-state index contributed by atoms with van der Waals surface area (Å²) in [5.41, 5.74) is 2.60. The monoisotopic (exact) mass is 271 g/mol. The first kappa shape index (κ1) is 15.1. The molecule has 3 atom stereocenters. The summed E-state index contributed by atoms with van der Waals surface area (Å²) in [6.45, 7) is 6.26. The highest BCUT2D eigenvalue weighted by Gasteiger charge is 2.43. The molecule has 1 N–H and O–H groups in total. The summed E-state index contributed by atoms with van der Waals surface area (Å²) in [4.78, 5) is 0. The van der Waals surface area contributed by atoms with Gasteiger partial charge >= 0.3 is 0 Å². The molecular weight excluding hydrogens is 246 g/mol. The standard InChI is InChI=1S/C18H25NO/c1-4-15-6-5-7-18(11-15,12-19)17(20)16-9-13(2)8-14(3)10-16/h8-10,15,17,20H,4-7,11H2,1-3H3. The molecule has 1 saturated carbocycles. The summed E-state index contributed by atoms with van der Waals surface area (Å²) < 4.78 is 0. The molecule has 0 saturated heterocycles. The van der Waals surface area contributed by atoms with E-state index in [0.717, 1.165) is 42.4 Å².